The van der Waals surface area contributed by atoms with Gasteiger partial charge < -0.3 is 23.8 Å². The molecule has 1 rings (SSSR count). The Labute approximate surface area is 247 Å². The molecule has 0 aromatic heterocycles. The lowest BCUT2D eigenvalue weighted by Gasteiger charge is -2.41. The highest BCUT2D eigenvalue weighted by molar-refractivity contribution is 7.53. The van der Waals surface area contributed by atoms with Gasteiger partial charge >= 0.3 is 0 Å². The number of hydrogen-bond acceptors (Lipinski definition) is 5. The van der Waals surface area contributed by atoms with Crippen molar-refractivity contribution in [1.82, 2.24) is 10.6 Å². The number of carbonyl (C=O) groups is 1. The van der Waals surface area contributed by atoms with Gasteiger partial charge in [-0.1, -0.05) is 83.7 Å². The van der Waals surface area contributed by atoms with E-state index in [9.17, 15) is 14.3 Å². The smallest absolute Gasteiger partial charge is 0.242 e. The van der Waals surface area contributed by atoms with E-state index >= 15 is 0 Å². The number of rotatable bonds is 18. The highest BCUT2D eigenvalue weighted by atomic mass is 31.2. The number of hydrogen-bond donors (Lipinski definition) is 2. The fourth-order valence-corrected chi connectivity index (χ4v) is 5.44. The first-order valence-corrected chi connectivity index (χ1v) is 17.0. The molecule has 0 radical (unpaired) electrons. The molecule has 7 nitrogen and oxygen atoms in total. The molecule has 0 aliphatic rings. The van der Waals surface area contributed by atoms with Gasteiger partial charge in [0.2, 0.25) is 5.91 Å². The number of benzene rings is 1. The molecule has 2 unspecified atom stereocenters. The van der Waals surface area contributed by atoms with Crippen LogP contribution >= 0.6 is 7.60 Å². The summed E-state index contributed by atoms with van der Waals surface area (Å²) in [6.45, 7) is 23.6. The zero-order chi connectivity index (χ0) is 30.9. The van der Waals surface area contributed by atoms with Crippen molar-refractivity contribution in [3.8, 4) is 0 Å². The number of quaternary nitrogens is 1. The standard InChI is InChI=1S/C16H27N2O4P.C16H36N/c1-15(2,3)18-14(19)13(12-10-8-7-9-11-12)17-16(4,5)23(20,21)22-6;1-5-9-13-17(14-10-6-2,15-11-7-3)16-12-8-4/h7-11,13,17H,1-6H3,(H,18,19)(H,20,21);5-16H2,1-4H3/q;+1/p-1. The lowest BCUT2D eigenvalue weighted by Crippen LogP contribution is -2.52. The zero-order valence-corrected chi connectivity index (χ0v) is 28.4. The molecule has 40 heavy (non-hydrogen) atoms. The van der Waals surface area contributed by atoms with Crippen LogP contribution in [0.3, 0.4) is 0 Å². The van der Waals surface area contributed by atoms with Crippen LogP contribution in [0, 0.1) is 0 Å². The van der Waals surface area contributed by atoms with Crippen LogP contribution in [0.15, 0.2) is 30.3 Å². The Balaban J connectivity index is 0.000000799. The fraction of sp³-hybridized carbons (Fsp3) is 0.781. The van der Waals surface area contributed by atoms with Gasteiger partial charge in [-0.05, 0) is 65.9 Å². The first kappa shape index (κ1) is 38.8. The third kappa shape index (κ3) is 14.6. The summed E-state index contributed by atoms with van der Waals surface area (Å²) in [6.07, 6.45) is 11.1. The van der Waals surface area contributed by atoms with Crippen molar-refractivity contribution in [2.75, 3.05) is 33.3 Å². The quantitative estimate of drug-likeness (QED) is 0.141. The fourth-order valence-electron chi connectivity index (χ4n) is 4.69. The average Bonchev–Trinajstić information content (AvgIpc) is 2.90. The van der Waals surface area contributed by atoms with Crippen molar-refractivity contribution < 1.29 is 23.3 Å². The second-order valence-corrected chi connectivity index (χ2v) is 15.1. The van der Waals surface area contributed by atoms with E-state index in [-0.39, 0.29) is 5.91 Å². The molecule has 0 aliphatic heterocycles. The third-order valence-electron chi connectivity index (χ3n) is 7.26. The van der Waals surface area contributed by atoms with Crippen LogP contribution in [0.25, 0.3) is 0 Å². The molecule has 0 spiro atoms. The van der Waals surface area contributed by atoms with Crippen LogP contribution in [-0.4, -0.2) is 54.5 Å². The molecule has 234 valence electrons. The molecular formula is C32H62N3O4P. The monoisotopic (exact) mass is 583 g/mol. The number of nitrogens with zero attached hydrogens (tertiary/aromatic N) is 1. The molecule has 0 saturated heterocycles. The van der Waals surface area contributed by atoms with Gasteiger partial charge in [-0.15, -0.1) is 0 Å². The van der Waals surface area contributed by atoms with Crippen molar-refractivity contribution in [3.05, 3.63) is 35.9 Å². The van der Waals surface area contributed by atoms with Crippen molar-refractivity contribution in [1.29, 1.82) is 0 Å². The summed E-state index contributed by atoms with van der Waals surface area (Å²) >= 11 is 0. The summed E-state index contributed by atoms with van der Waals surface area (Å²) in [5, 5.41) is 4.38. The number of unbranched alkanes of at least 4 members (excludes halogenated alkanes) is 4. The first-order chi connectivity index (χ1) is 18.6. The largest absolute Gasteiger partial charge is 0.777 e. The van der Waals surface area contributed by atoms with Crippen molar-refractivity contribution in [2.45, 2.75) is 131 Å². The van der Waals surface area contributed by atoms with Gasteiger partial charge in [-0.2, -0.15) is 0 Å². The topological polar surface area (TPSA) is 90.5 Å². The minimum atomic E-state index is -4.18. The second kappa shape index (κ2) is 19.0. The van der Waals surface area contributed by atoms with Gasteiger partial charge in [-0.3, -0.25) is 10.1 Å². The molecule has 1 aromatic rings. The van der Waals surface area contributed by atoms with E-state index in [4.69, 9.17) is 0 Å². The van der Waals surface area contributed by atoms with Crippen LogP contribution in [0.2, 0.25) is 0 Å². The molecule has 0 saturated carbocycles. The van der Waals surface area contributed by atoms with E-state index in [0.29, 0.717) is 5.56 Å². The minimum absolute atomic E-state index is 0.298. The summed E-state index contributed by atoms with van der Waals surface area (Å²) in [5.74, 6) is -0.298. The maximum atomic E-state index is 12.6. The van der Waals surface area contributed by atoms with Crippen LogP contribution in [0.1, 0.15) is 125 Å². The van der Waals surface area contributed by atoms with Gasteiger partial charge in [0, 0.05) is 12.6 Å². The van der Waals surface area contributed by atoms with E-state index in [2.05, 4.69) is 42.9 Å². The Bertz CT molecular complexity index is 818. The third-order valence-corrected chi connectivity index (χ3v) is 9.24. The summed E-state index contributed by atoms with van der Waals surface area (Å²) in [7, 11) is -3.07. The zero-order valence-electron chi connectivity index (χ0n) is 27.5. The Kier molecular flexibility index (Phi) is 18.5. The van der Waals surface area contributed by atoms with Crippen LogP contribution in [0.4, 0.5) is 0 Å². The van der Waals surface area contributed by atoms with E-state index in [1.54, 1.807) is 24.3 Å². The molecular weight excluding hydrogens is 521 g/mol. The van der Waals surface area contributed by atoms with Crippen molar-refractivity contribution in [2.24, 2.45) is 0 Å². The molecule has 8 heteroatoms. The Morgan fingerprint density at radius 3 is 1.57 bits per heavy atom. The molecule has 1 amide bonds. The van der Waals surface area contributed by atoms with Gasteiger partial charge in [0.15, 0.2) is 7.60 Å². The first-order valence-electron chi connectivity index (χ1n) is 15.5. The maximum absolute atomic E-state index is 12.6. The minimum Gasteiger partial charge on any atom is -0.777 e. The summed E-state index contributed by atoms with van der Waals surface area (Å²) in [6, 6.07) is 8.17. The molecule has 0 fully saturated rings. The summed E-state index contributed by atoms with van der Waals surface area (Å²) in [4.78, 5) is 24.8. The van der Waals surface area contributed by atoms with Crippen LogP contribution in [0.5, 0.6) is 0 Å². The van der Waals surface area contributed by atoms with Gasteiger partial charge in [-0.25, -0.2) is 0 Å². The molecule has 1 aromatic carbocycles. The number of carbonyl (C=O) groups excluding carboxylic acids is 1. The molecule has 2 N–H and O–H groups in total. The lowest BCUT2D eigenvalue weighted by atomic mass is 10.0. The maximum Gasteiger partial charge on any atom is 0.242 e. The molecule has 0 heterocycles. The number of nitrogens with one attached hydrogen (secondary N) is 2. The number of amides is 1. The molecule has 2 atom stereocenters. The molecule has 0 bridgehead atoms. The normalized spacial score (nSPS) is 14.6. The van der Waals surface area contributed by atoms with E-state index < -0.39 is 24.5 Å². The second-order valence-electron chi connectivity index (χ2n) is 12.6. The molecule has 0 aliphatic carbocycles. The van der Waals surface area contributed by atoms with Crippen LogP contribution in [-0.2, 0) is 13.9 Å². The Morgan fingerprint density at radius 2 is 1.25 bits per heavy atom. The predicted octanol–water partition coefficient (Wildman–Crippen LogP) is 7.17. The van der Waals surface area contributed by atoms with E-state index in [1.165, 1.54) is 95.9 Å². The Morgan fingerprint density at radius 1 is 0.850 bits per heavy atom. The lowest BCUT2D eigenvalue weighted by molar-refractivity contribution is -0.929. The van der Waals surface area contributed by atoms with Crippen molar-refractivity contribution in [3.63, 3.8) is 0 Å². The summed E-state index contributed by atoms with van der Waals surface area (Å²) < 4.78 is 18.2. The van der Waals surface area contributed by atoms with Gasteiger partial charge in [0.05, 0.1) is 31.5 Å². The average molecular weight is 584 g/mol. The SMILES string of the molecule is CCCC[N+](CCCC)(CCCC)CCCC.COP(=O)([O-])C(C)(C)NC(C(=O)NC(C)(C)C)c1ccccc1. The van der Waals surface area contributed by atoms with E-state index in [1.807, 2.05) is 26.8 Å². The van der Waals surface area contributed by atoms with E-state index in [0.717, 1.165) is 7.11 Å². The van der Waals surface area contributed by atoms with Gasteiger partial charge in [0.25, 0.3) is 0 Å². The van der Waals surface area contributed by atoms with Gasteiger partial charge in [0.1, 0.15) is 6.04 Å². The van der Waals surface area contributed by atoms with Crippen molar-refractivity contribution >= 4 is 13.5 Å². The summed E-state index contributed by atoms with van der Waals surface area (Å²) in [5.41, 5.74) is 0.247. The Hall–Kier alpha value is -1.24. The highest BCUT2D eigenvalue weighted by Crippen LogP contribution is 2.49. The van der Waals surface area contributed by atoms with Crippen LogP contribution < -0.4 is 15.5 Å². The highest BCUT2D eigenvalue weighted by Gasteiger charge is 2.37. The predicted molar refractivity (Wildman–Crippen MR) is 168 cm³/mol.